The minimum atomic E-state index is -0.214. The molecule has 0 aliphatic carbocycles. The molecule has 0 amide bonds. The summed E-state index contributed by atoms with van der Waals surface area (Å²) in [5, 5.41) is 22.4. The van der Waals surface area contributed by atoms with Crippen LogP contribution in [0.25, 0.3) is 0 Å². The van der Waals surface area contributed by atoms with Gasteiger partial charge >= 0.3 is 0 Å². The van der Waals surface area contributed by atoms with E-state index in [4.69, 9.17) is 0 Å². The lowest BCUT2D eigenvalue weighted by Gasteiger charge is -2.36. The van der Waals surface area contributed by atoms with Crippen LogP contribution < -0.4 is 0 Å². The third-order valence-corrected chi connectivity index (χ3v) is 5.01. The van der Waals surface area contributed by atoms with E-state index in [1.54, 1.807) is 6.20 Å². The predicted octanol–water partition coefficient (Wildman–Crippen LogP) is 1.76. The summed E-state index contributed by atoms with van der Waals surface area (Å²) >= 11 is 0. The standard InChI is InChI=1S/C17H26N6O/c1-4-17(2,3)23-16(19-20-21-23)15(14-7-5-6-10-18-14)22-11-8-13(24)9-12-22/h5-7,10,13,15,24H,4,8-9,11-12H2,1-3H3/t15-/m0/s1. The van der Waals surface area contributed by atoms with Crippen LogP contribution in [0.15, 0.2) is 24.4 Å². The highest BCUT2D eigenvalue weighted by Crippen LogP contribution is 2.31. The SMILES string of the molecule is CCC(C)(C)n1nnnc1[C@H](c1ccccn1)N1CCC(O)CC1. The minimum Gasteiger partial charge on any atom is -0.393 e. The molecule has 2 aromatic heterocycles. The number of tetrazole rings is 1. The van der Waals surface area contributed by atoms with Gasteiger partial charge in [0.25, 0.3) is 0 Å². The van der Waals surface area contributed by atoms with Crippen LogP contribution in [0.5, 0.6) is 0 Å². The average molecular weight is 330 g/mol. The first-order valence-electron chi connectivity index (χ1n) is 8.64. The van der Waals surface area contributed by atoms with Crippen molar-refractivity contribution in [2.24, 2.45) is 0 Å². The number of pyridine rings is 1. The number of likely N-dealkylation sites (tertiary alicyclic amines) is 1. The molecule has 2 aromatic rings. The molecular formula is C17H26N6O. The Morgan fingerprint density at radius 1 is 1.29 bits per heavy atom. The van der Waals surface area contributed by atoms with E-state index >= 15 is 0 Å². The molecule has 1 fully saturated rings. The Balaban J connectivity index is 2.02. The second kappa shape index (κ2) is 6.94. The van der Waals surface area contributed by atoms with E-state index in [0.717, 1.165) is 43.9 Å². The van der Waals surface area contributed by atoms with Gasteiger partial charge in [-0.2, -0.15) is 0 Å². The van der Waals surface area contributed by atoms with E-state index in [9.17, 15) is 5.11 Å². The van der Waals surface area contributed by atoms with Crippen molar-refractivity contribution in [2.45, 2.75) is 57.7 Å². The molecule has 1 aliphatic heterocycles. The van der Waals surface area contributed by atoms with E-state index < -0.39 is 0 Å². The van der Waals surface area contributed by atoms with Gasteiger partial charge in [0.05, 0.1) is 17.3 Å². The number of nitrogens with zero attached hydrogens (tertiary/aromatic N) is 6. The van der Waals surface area contributed by atoms with Crippen molar-refractivity contribution in [3.8, 4) is 0 Å². The van der Waals surface area contributed by atoms with Crippen molar-refractivity contribution in [3.05, 3.63) is 35.9 Å². The maximum absolute atomic E-state index is 9.84. The summed E-state index contributed by atoms with van der Waals surface area (Å²) in [5.74, 6) is 0.817. The molecule has 0 radical (unpaired) electrons. The van der Waals surface area contributed by atoms with E-state index in [1.165, 1.54) is 0 Å². The van der Waals surface area contributed by atoms with Crippen molar-refractivity contribution in [1.82, 2.24) is 30.1 Å². The zero-order chi connectivity index (χ0) is 17.2. The Morgan fingerprint density at radius 2 is 2.04 bits per heavy atom. The van der Waals surface area contributed by atoms with Crippen LogP contribution in [0, 0.1) is 0 Å². The van der Waals surface area contributed by atoms with Gasteiger partial charge in [-0.1, -0.05) is 13.0 Å². The quantitative estimate of drug-likeness (QED) is 0.900. The maximum atomic E-state index is 9.84. The molecular weight excluding hydrogens is 304 g/mol. The highest BCUT2D eigenvalue weighted by Gasteiger charge is 2.34. The van der Waals surface area contributed by atoms with Crippen molar-refractivity contribution >= 4 is 0 Å². The summed E-state index contributed by atoms with van der Waals surface area (Å²) in [7, 11) is 0. The van der Waals surface area contributed by atoms with Crippen LogP contribution in [0.1, 0.15) is 57.6 Å². The second-order valence-corrected chi connectivity index (χ2v) is 7.04. The van der Waals surface area contributed by atoms with Crippen molar-refractivity contribution < 1.29 is 5.11 Å². The molecule has 0 aromatic carbocycles. The molecule has 1 atom stereocenters. The lowest BCUT2D eigenvalue weighted by molar-refractivity contribution is 0.0638. The van der Waals surface area contributed by atoms with E-state index in [0.29, 0.717) is 0 Å². The van der Waals surface area contributed by atoms with Gasteiger partial charge in [-0.15, -0.1) is 5.10 Å². The molecule has 24 heavy (non-hydrogen) atoms. The lowest BCUT2D eigenvalue weighted by atomic mass is 9.99. The Bertz CT molecular complexity index is 648. The van der Waals surface area contributed by atoms with Crippen LogP contribution in [0.3, 0.4) is 0 Å². The minimum absolute atomic E-state index is 0.0977. The smallest absolute Gasteiger partial charge is 0.175 e. The van der Waals surface area contributed by atoms with Crippen molar-refractivity contribution in [1.29, 1.82) is 0 Å². The third-order valence-electron chi connectivity index (χ3n) is 5.01. The molecule has 0 spiro atoms. The topological polar surface area (TPSA) is 80.0 Å². The van der Waals surface area contributed by atoms with Gasteiger partial charge < -0.3 is 5.11 Å². The highest BCUT2D eigenvalue weighted by atomic mass is 16.3. The Kier molecular flexibility index (Phi) is 4.91. The van der Waals surface area contributed by atoms with Gasteiger partial charge in [0.2, 0.25) is 0 Å². The molecule has 0 saturated carbocycles. The fourth-order valence-electron chi connectivity index (χ4n) is 3.11. The van der Waals surface area contributed by atoms with Gasteiger partial charge in [-0.25, -0.2) is 4.68 Å². The zero-order valence-corrected chi connectivity index (χ0v) is 14.6. The Hall–Kier alpha value is -1.86. The maximum Gasteiger partial charge on any atom is 0.175 e. The largest absolute Gasteiger partial charge is 0.393 e. The number of aliphatic hydroxyl groups is 1. The van der Waals surface area contributed by atoms with Crippen LogP contribution in [0.2, 0.25) is 0 Å². The number of piperidine rings is 1. The summed E-state index contributed by atoms with van der Waals surface area (Å²) < 4.78 is 1.93. The molecule has 1 N–H and O–H groups in total. The lowest BCUT2D eigenvalue weighted by Crippen LogP contribution is -2.41. The Labute approximate surface area is 142 Å². The number of rotatable bonds is 5. The number of aliphatic hydroxyl groups excluding tert-OH is 1. The monoisotopic (exact) mass is 330 g/mol. The fraction of sp³-hybridized carbons (Fsp3) is 0.647. The molecule has 0 unspecified atom stereocenters. The van der Waals surface area contributed by atoms with Gasteiger partial charge in [-0.05, 0) is 55.7 Å². The second-order valence-electron chi connectivity index (χ2n) is 7.04. The number of aromatic nitrogens is 5. The van der Waals surface area contributed by atoms with Gasteiger partial charge in [0.15, 0.2) is 5.82 Å². The highest BCUT2D eigenvalue weighted by molar-refractivity contribution is 5.18. The predicted molar refractivity (Wildman–Crippen MR) is 90.3 cm³/mol. The molecule has 3 rings (SSSR count). The van der Waals surface area contributed by atoms with Crippen LogP contribution in [-0.2, 0) is 5.54 Å². The van der Waals surface area contributed by atoms with Gasteiger partial charge in [-0.3, -0.25) is 9.88 Å². The fourth-order valence-corrected chi connectivity index (χ4v) is 3.11. The van der Waals surface area contributed by atoms with Crippen LogP contribution in [-0.4, -0.2) is 54.4 Å². The first-order valence-corrected chi connectivity index (χ1v) is 8.64. The summed E-state index contributed by atoms with van der Waals surface area (Å²) in [5.41, 5.74) is 0.776. The summed E-state index contributed by atoms with van der Waals surface area (Å²) in [6.07, 6.45) is 4.05. The van der Waals surface area contributed by atoms with Crippen molar-refractivity contribution in [2.75, 3.05) is 13.1 Å². The third kappa shape index (κ3) is 3.32. The van der Waals surface area contributed by atoms with Crippen LogP contribution >= 0.6 is 0 Å². The van der Waals surface area contributed by atoms with E-state index in [-0.39, 0.29) is 17.7 Å². The summed E-state index contributed by atoms with van der Waals surface area (Å²) in [6.45, 7) is 8.03. The molecule has 1 aliphatic rings. The normalized spacial score (nSPS) is 18.7. The molecule has 1 saturated heterocycles. The van der Waals surface area contributed by atoms with E-state index in [2.05, 4.69) is 46.2 Å². The first-order chi connectivity index (χ1) is 11.5. The number of hydrogen-bond donors (Lipinski definition) is 1. The molecule has 130 valence electrons. The van der Waals surface area contributed by atoms with Gasteiger partial charge in [0, 0.05) is 19.3 Å². The van der Waals surface area contributed by atoms with Crippen molar-refractivity contribution in [3.63, 3.8) is 0 Å². The average Bonchev–Trinajstić information content (AvgIpc) is 3.08. The van der Waals surface area contributed by atoms with Gasteiger partial charge in [0.1, 0.15) is 6.04 Å². The molecule has 0 bridgehead atoms. The molecule has 7 heteroatoms. The molecule has 7 nitrogen and oxygen atoms in total. The summed E-state index contributed by atoms with van der Waals surface area (Å²) in [6, 6.07) is 5.83. The Morgan fingerprint density at radius 3 is 2.67 bits per heavy atom. The first kappa shape index (κ1) is 17.0. The zero-order valence-electron chi connectivity index (χ0n) is 14.6. The van der Waals surface area contributed by atoms with Crippen LogP contribution in [0.4, 0.5) is 0 Å². The number of hydrogen-bond acceptors (Lipinski definition) is 6. The molecule has 3 heterocycles. The van der Waals surface area contributed by atoms with E-state index in [1.807, 2.05) is 22.9 Å². The summed E-state index contributed by atoms with van der Waals surface area (Å²) in [4.78, 5) is 6.89.